The van der Waals surface area contributed by atoms with Gasteiger partial charge in [-0.3, -0.25) is 4.98 Å². The van der Waals surface area contributed by atoms with Crippen molar-refractivity contribution >= 4 is 0 Å². The van der Waals surface area contributed by atoms with Gasteiger partial charge in [-0.2, -0.15) is 0 Å². The third-order valence-electron chi connectivity index (χ3n) is 1.81. The van der Waals surface area contributed by atoms with Gasteiger partial charge in [-0.1, -0.05) is 0 Å². The monoisotopic (exact) mass is 189 g/mol. The maximum absolute atomic E-state index is 5.47. The molecule has 2 aromatic heterocycles. The summed E-state index contributed by atoms with van der Waals surface area (Å²) in [7, 11) is 0. The van der Waals surface area contributed by atoms with Crippen LogP contribution in [-0.4, -0.2) is 21.1 Å². The maximum atomic E-state index is 5.47. The second-order valence-corrected chi connectivity index (χ2v) is 2.84. The van der Waals surface area contributed by atoms with Crippen molar-refractivity contribution in [2.45, 2.75) is 6.54 Å². The van der Waals surface area contributed by atoms with E-state index < -0.39 is 0 Å². The largest absolute Gasteiger partial charge is 0.490 e. The fraction of sp³-hybridized carbons (Fsp3) is 0.200. The van der Waals surface area contributed by atoms with E-state index >= 15 is 0 Å². The first-order valence-electron chi connectivity index (χ1n) is 4.44. The van der Waals surface area contributed by atoms with Gasteiger partial charge in [0.25, 0.3) is 0 Å². The van der Waals surface area contributed by atoms with E-state index in [1.165, 1.54) is 0 Å². The Morgan fingerprint density at radius 2 is 2.29 bits per heavy atom. The van der Waals surface area contributed by atoms with Crippen molar-refractivity contribution in [3.63, 3.8) is 0 Å². The van der Waals surface area contributed by atoms with E-state index in [4.69, 9.17) is 4.74 Å². The van der Waals surface area contributed by atoms with Gasteiger partial charge in [0.15, 0.2) is 0 Å². The first-order chi connectivity index (χ1) is 6.95. The lowest BCUT2D eigenvalue weighted by Crippen LogP contribution is -2.06. The summed E-state index contributed by atoms with van der Waals surface area (Å²) in [5.74, 6) is 0.799. The molecular formula is C10H11N3O. The molecule has 0 fully saturated rings. The molecular weight excluding hydrogens is 178 g/mol. The minimum atomic E-state index is 0.627. The molecule has 0 bridgehead atoms. The highest BCUT2D eigenvalue weighted by atomic mass is 16.5. The third-order valence-corrected chi connectivity index (χ3v) is 1.81. The number of hydrogen-bond acceptors (Lipinski definition) is 3. The zero-order valence-electron chi connectivity index (χ0n) is 7.71. The summed E-state index contributed by atoms with van der Waals surface area (Å²) in [4.78, 5) is 7.90. The molecule has 0 N–H and O–H groups in total. The lowest BCUT2D eigenvalue weighted by molar-refractivity contribution is 0.297. The van der Waals surface area contributed by atoms with Crippen molar-refractivity contribution in [1.29, 1.82) is 0 Å². The second kappa shape index (κ2) is 4.41. The lowest BCUT2D eigenvalue weighted by Gasteiger charge is -2.05. The number of aromatic nitrogens is 3. The summed E-state index contributed by atoms with van der Waals surface area (Å²) in [6.45, 7) is 1.43. The molecule has 14 heavy (non-hydrogen) atoms. The summed E-state index contributed by atoms with van der Waals surface area (Å²) < 4.78 is 7.44. The number of ether oxygens (including phenoxy) is 1. The van der Waals surface area contributed by atoms with E-state index in [1.54, 1.807) is 24.9 Å². The zero-order chi connectivity index (χ0) is 9.64. The predicted octanol–water partition coefficient (Wildman–Crippen LogP) is 1.36. The van der Waals surface area contributed by atoms with Gasteiger partial charge in [0.1, 0.15) is 12.4 Å². The first-order valence-corrected chi connectivity index (χ1v) is 4.44. The minimum absolute atomic E-state index is 0.627. The molecule has 0 amide bonds. The van der Waals surface area contributed by atoms with E-state index in [9.17, 15) is 0 Å². The molecule has 0 unspecified atom stereocenters. The Morgan fingerprint density at radius 1 is 1.29 bits per heavy atom. The highest BCUT2D eigenvalue weighted by Gasteiger charge is 1.92. The second-order valence-electron chi connectivity index (χ2n) is 2.84. The molecule has 0 spiro atoms. The minimum Gasteiger partial charge on any atom is -0.490 e. The van der Waals surface area contributed by atoms with E-state index in [-0.39, 0.29) is 0 Å². The highest BCUT2D eigenvalue weighted by molar-refractivity contribution is 5.15. The fourth-order valence-corrected chi connectivity index (χ4v) is 1.12. The smallest absolute Gasteiger partial charge is 0.137 e. The van der Waals surface area contributed by atoms with Gasteiger partial charge in [-0.25, -0.2) is 4.98 Å². The van der Waals surface area contributed by atoms with Gasteiger partial charge in [0.05, 0.1) is 19.1 Å². The van der Waals surface area contributed by atoms with Crippen LogP contribution in [0.15, 0.2) is 43.2 Å². The van der Waals surface area contributed by atoms with Crippen LogP contribution in [-0.2, 0) is 6.54 Å². The van der Waals surface area contributed by atoms with Crippen molar-refractivity contribution in [3.05, 3.63) is 43.2 Å². The molecule has 0 aliphatic carbocycles. The third kappa shape index (κ3) is 2.32. The van der Waals surface area contributed by atoms with Crippen LogP contribution in [0, 0.1) is 0 Å². The summed E-state index contributed by atoms with van der Waals surface area (Å²) in [5, 5.41) is 0. The molecule has 2 aromatic rings. The van der Waals surface area contributed by atoms with Crippen molar-refractivity contribution in [2.24, 2.45) is 0 Å². The quantitative estimate of drug-likeness (QED) is 0.729. The Bertz CT molecular complexity index is 358. The standard InChI is InChI=1S/C10H11N3O/c1-2-10(8-11-3-1)14-7-6-13-5-4-12-9-13/h1-5,8-9H,6-7H2. The topological polar surface area (TPSA) is 39.9 Å². The van der Waals surface area contributed by atoms with Crippen LogP contribution in [0.4, 0.5) is 0 Å². The Morgan fingerprint density at radius 3 is 3.00 bits per heavy atom. The van der Waals surface area contributed by atoms with Crippen LogP contribution < -0.4 is 4.74 Å². The molecule has 0 saturated carbocycles. The Balaban J connectivity index is 1.79. The molecule has 0 aliphatic heterocycles. The molecule has 0 aliphatic rings. The van der Waals surface area contributed by atoms with Crippen LogP contribution >= 0.6 is 0 Å². The molecule has 0 radical (unpaired) electrons. The molecule has 0 atom stereocenters. The van der Waals surface area contributed by atoms with Crippen LogP contribution in [0.5, 0.6) is 5.75 Å². The van der Waals surface area contributed by atoms with Crippen molar-refractivity contribution < 1.29 is 4.74 Å². The molecule has 0 saturated heterocycles. The van der Waals surface area contributed by atoms with Gasteiger partial charge in [-0.05, 0) is 12.1 Å². The molecule has 2 heterocycles. The average Bonchev–Trinajstić information content (AvgIpc) is 2.72. The van der Waals surface area contributed by atoms with Crippen LogP contribution in [0.25, 0.3) is 0 Å². The summed E-state index contributed by atoms with van der Waals surface area (Å²) in [6, 6.07) is 3.74. The summed E-state index contributed by atoms with van der Waals surface area (Å²) in [6.07, 6.45) is 8.86. The van der Waals surface area contributed by atoms with Gasteiger partial charge in [-0.15, -0.1) is 0 Å². The summed E-state index contributed by atoms with van der Waals surface area (Å²) >= 11 is 0. The van der Waals surface area contributed by atoms with E-state index in [1.807, 2.05) is 22.9 Å². The maximum Gasteiger partial charge on any atom is 0.137 e. The Labute approximate surface area is 82.2 Å². The Hall–Kier alpha value is -1.84. The number of rotatable bonds is 4. The molecule has 4 heteroatoms. The van der Waals surface area contributed by atoms with Crippen molar-refractivity contribution in [3.8, 4) is 5.75 Å². The van der Waals surface area contributed by atoms with Crippen LogP contribution in [0.2, 0.25) is 0 Å². The van der Waals surface area contributed by atoms with Gasteiger partial charge < -0.3 is 9.30 Å². The fourth-order valence-electron chi connectivity index (χ4n) is 1.12. The van der Waals surface area contributed by atoms with E-state index in [0.29, 0.717) is 6.61 Å². The molecule has 0 aromatic carbocycles. The normalized spacial score (nSPS) is 10.0. The Kier molecular flexibility index (Phi) is 2.76. The van der Waals surface area contributed by atoms with Crippen LogP contribution in [0.1, 0.15) is 0 Å². The van der Waals surface area contributed by atoms with Crippen molar-refractivity contribution in [2.75, 3.05) is 6.61 Å². The van der Waals surface area contributed by atoms with Gasteiger partial charge in [0, 0.05) is 18.6 Å². The van der Waals surface area contributed by atoms with E-state index in [0.717, 1.165) is 12.3 Å². The molecule has 72 valence electrons. The first kappa shape index (κ1) is 8.74. The SMILES string of the molecule is c1cncc(OCCn2ccnc2)c1. The number of hydrogen-bond donors (Lipinski definition) is 0. The van der Waals surface area contributed by atoms with Gasteiger partial charge >= 0.3 is 0 Å². The van der Waals surface area contributed by atoms with E-state index in [2.05, 4.69) is 9.97 Å². The predicted molar refractivity (Wildman–Crippen MR) is 52.0 cm³/mol. The number of pyridine rings is 1. The lowest BCUT2D eigenvalue weighted by atomic mass is 10.5. The number of nitrogens with zero attached hydrogens (tertiary/aromatic N) is 3. The highest BCUT2D eigenvalue weighted by Crippen LogP contribution is 2.05. The number of imidazole rings is 1. The van der Waals surface area contributed by atoms with Crippen molar-refractivity contribution in [1.82, 2.24) is 14.5 Å². The zero-order valence-corrected chi connectivity index (χ0v) is 7.71. The molecule has 4 nitrogen and oxygen atoms in total. The van der Waals surface area contributed by atoms with Crippen LogP contribution in [0.3, 0.4) is 0 Å². The average molecular weight is 189 g/mol. The molecule has 2 rings (SSSR count). The summed E-state index contributed by atoms with van der Waals surface area (Å²) in [5.41, 5.74) is 0. The van der Waals surface area contributed by atoms with Gasteiger partial charge in [0.2, 0.25) is 0 Å².